The molecule has 0 saturated heterocycles. The van der Waals surface area contributed by atoms with E-state index < -0.39 is 0 Å². The molecule has 0 aromatic heterocycles. The topological polar surface area (TPSA) is 68.8 Å². The maximum Gasteiger partial charge on any atom is 0.145 e. The molecule has 32 valence electrons. The van der Waals surface area contributed by atoms with Gasteiger partial charge in [0.1, 0.15) is 6.29 Å². The quantitative estimate of drug-likeness (QED) is 0.382. The SMILES string of the molecule is O.O=CCO. The van der Waals surface area contributed by atoms with Crippen LogP contribution in [0.2, 0.25) is 0 Å². The number of aldehydes is 1. The van der Waals surface area contributed by atoms with E-state index in [2.05, 4.69) is 0 Å². The number of hydrogen-bond donors (Lipinski definition) is 1. The van der Waals surface area contributed by atoms with E-state index in [-0.39, 0.29) is 12.1 Å². The fourth-order valence-corrected chi connectivity index (χ4v) is 0. The Morgan fingerprint density at radius 1 is 1.80 bits per heavy atom. The molecular weight excluding hydrogens is 72.0 g/mol. The summed E-state index contributed by atoms with van der Waals surface area (Å²) in [5.74, 6) is 0. The third kappa shape index (κ3) is 26.1. The van der Waals surface area contributed by atoms with Crippen LogP contribution in [-0.2, 0) is 4.79 Å². The van der Waals surface area contributed by atoms with E-state index in [0.717, 1.165) is 0 Å². The Morgan fingerprint density at radius 2 is 2.00 bits per heavy atom. The highest BCUT2D eigenvalue weighted by atomic mass is 16.3. The van der Waals surface area contributed by atoms with Crippen molar-refractivity contribution < 1.29 is 15.4 Å². The second-order valence-corrected chi connectivity index (χ2v) is 0.349. The van der Waals surface area contributed by atoms with E-state index in [1.54, 1.807) is 0 Å². The van der Waals surface area contributed by atoms with Crippen LogP contribution < -0.4 is 0 Å². The van der Waals surface area contributed by atoms with Gasteiger partial charge in [0.2, 0.25) is 0 Å². The second-order valence-electron chi connectivity index (χ2n) is 0.349. The Morgan fingerprint density at radius 3 is 2.00 bits per heavy atom. The minimum atomic E-state index is -0.361. The molecule has 0 rings (SSSR count). The van der Waals surface area contributed by atoms with Gasteiger partial charge in [0.15, 0.2) is 0 Å². The molecule has 3 N–H and O–H groups in total. The maximum absolute atomic E-state index is 8.92. The van der Waals surface area contributed by atoms with Gasteiger partial charge >= 0.3 is 0 Å². The van der Waals surface area contributed by atoms with E-state index in [9.17, 15) is 0 Å². The van der Waals surface area contributed by atoms with E-state index in [0.29, 0.717) is 6.29 Å². The summed E-state index contributed by atoms with van der Waals surface area (Å²) in [4.78, 5) is 8.92. The molecule has 0 atom stereocenters. The molecule has 0 radical (unpaired) electrons. The molecule has 0 aliphatic rings. The van der Waals surface area contributed by atoms with Gasteiger partial charge in [-0.2, -0.15) is 0 Å². The molecule has 3 heteroatoms. The van der Waals surface area contributed by atoms with Crippen LogP contribution in [-0.4, -0.2) is 23.5 Å². The molecule has 0 aromatic rings. The van der Waals surface area contributed by atoms with Gasteiger partial charge in [-0.1, -0.05) is 0 Å². The minimum Gasteiger partial charge on any atom is -0.412 e. The molecule has 5 heavy (non-hydrogen) atoms. The second kappa shape index (κ2) is 9.53. The first-order chi connectivity index (χ1) is 1.91. The zero-order chi connectivity index (χ0) is 3.41. The lowest BCUT2D eigenvalue weighted by molar-refractivity contribution is -0.110. The van der Waals surface area contributed by atoms with Crippen LogP contribution >= 0.6 is 0 Å². The summed E-state index contributed by atoms with van der Waals surface area (Å²) >= 11 is 0. The summed E-state index contributed by atoms with van der Waals surface area (Å²) in [7, 11) is 0. The van der Waals surface area contributed by atoms with Gasteiger partial charge in [-0.05, 0) is 0 Å². The third-order valence-corrected chi connectivity index (χ3v) is 0.0745. The first-order valence-corrected chi connectivity index (χ1v) is 0.960. The molecule has 0 saturated carbocycles. The van der Waals surface area contributed by atoms with E-state index in [1.165, 1.54) is 0 Å². The Balaban J connectivity index is 0. The highest BCUT2D eigenvalue weighted by molar-refractivity contribution is 5.49. The normalized spacial score (nSPS) is 5.00. The molecule has 0 aromatic carbocycles. The Hall–Kier alpha value is -0.410. The number of carbonyl (C=O) groups excluding carboxylic acids is 1. The van der Waals surface area contributed by atoms with Gasteiger partial charge in [-0.25, -0.2) is 0 Å². The zero-order valence-electron chi connectivity index (χ0n) is 2.64. The lowest BCUT2D eigenvalue weighted by Crippen LogP contribution is -1.75. The van der Waals surface area contributed by atoms with E-state index in [4.69, 9.17) is 9.90 Å². The molecule has 3 nitrogen and oxygen atoms in total. The average molecular weight is 78.1 g/mol. The van der Waals surface area contributed by atoms with Gasteiger partial charge in [0.05, 0.1) is 6.61 Å². The van der Waals surface area contributed by atoms with Gasteiger partial charge in [0, 0.05) is 0 Å². The molecule has 0 heterocycles. The Bertz CT molecular complexity index is 18.9. The smallest absolute Gasteiger partial charge is 0.145 e. The number of rotatable bonds is 1. The third-order valence-electron chi connectivity index (χ3n) is 0.0745. The van der Waals surface area contributed by atoms with Crippen LogP contribution in [0.15, 0.2) is 0 Å². The lowest BCUT2D eigenvalue weighted by atomic mass is 10.9. The largest absolute Gasteiger partial charge is 0.412 e. The summed E-state index contributed by atoms with van der Waals surface area (Å²) < 4.78 is 0. The van der Waals surface area contributed by atoms with Crippen molar-refractivity contribution in [1.29, 1.82) is 0 Å². The zero-order valence-corrected chi connectivity index (χ0v) is 2.64. The number of carbonyl (C=O) groups is 1. The Labute approximate surface area is 29.5 Å². The van der Waals surface area contributed by atoms with Crippen LogP contribution in [0.25, 0.3) is 0 Å². The number of hydrogen-bond acceptors (Lipinski definition) is 2. The molecular formula is C2H6O3. The minimum absolute atomic E-state index is 0. The molecule has 0 spiro atoms. The van der Waals surface area contributed by atoms with Crippen molar-refractivity contribution in [3.8, 4) is 0 Å². The standard InChI is InChI=1S/C2H4O2.H2O/c3-1-2-4;/h1,4H,2H2;1H2. The molecule has 0 aliphatic heterocycles. The number of aliphatic hydroxyl groups is 1. The molecule has 0 bridgehead atoms. The van der Waals surface area contributed by atoms with Crippen molar-refractivity contribution in [3.05, 3.63) is 0 Å². The summed E-state index contributed by atoms with van der Waals surface area (Å²) in [6.07, 6.45) is 0.431. The maximum atomic E-state index is 8.92. The van der Waals surface area contributed by atoms with Crippen LogP contribution in [0, 0.1) is 0 Å². The van der Waals surface area contributed by atoms with Crippen LogP contribution in [0.3, 0.4) is 0 Å². The molecule has 0 amide bonds. The predicted molar refractivity (Wildman–Crippen MR) is 16.8 cm³/mol. The van der Waals surface area contributed by atoms with Gasteiger partial charge < -0.3 is 15.4 Å². The van der Waals surface area contributed by atoms with Crippen molar-refractivity contribution in [2.45, 2.75) is 0 Å². The summed E-state index contributed by atoms with van der Waals surface area (Å²) in [6.45, 7) is -0.361. The molecule has 0 aliphatic carbocycles. The summed E-state index contributed by atoms with van der Waals surface area (Å²) in [5, 5.41) is 7.51. The van der Waals surface area contributed by atoms with Crippen molar-refractivity contribution in [3.63, 3.8) is 0 Å². The van der Waals surface area contributed by atoms with Gasteiger partial charge in [-0.15, -0.1) is 0 Å². The molecule has 0 fully saturated rings. The van der Waals surface area contributed by atoms with Gasteiger partial charge in [0.25, 0.3) is 0 Å². The monoisotopic (exact) mass is 78.0 g/mol. The number of aliphatic hydroxyl groups excluding tert-OH is 1. The van der Waals surface area contributed by atoms with Crippen molar-refractivity contribution in [2.75, 3.05) is 6.61 Å². The Kier molecular flexibility index (Phi) is 16.8. The predicted octanol–water partition coefficient (Wildman–Crippen LogP) is -1.65. The lowest BCUT2D eigenvalue weighted by Gasteiger charge is -1.54. The van der Waals surface area contributed by atoms with Crippen LogP contribution in [0.4, 0.5) is 0 Å². The fourth-order valence-electron chi connectivity index (χ4n) is 0. The fraction of sp³-hybridized carbons (Fsp3) is 0.500. The van der Waals surface area contributed by atoms with Crippen molar-refractivity contribution >= 4 is 6.29 Å². The first-order valence-electron chi connectivity index (χ1n) is 0.960. The van der Waals surface area contributed by atoms with Crippen LogP contribution in [0.1, 0.15) is 0 Å². The van der Waals surface area contributed by atoms with Crippen LogP contribution in [0.5, 0.6) is 0 Å². The summed E-state index contributed by atoms with van der Waals surface area (Å²) in [5.41, 5.74) is 0. The van der Waals surface area contributed by atoms with Crippen molar-refractivity contribution in [2.24, 2.45) is 0 Å². The van der Waals surface area contributed by atoms with Gasteiger partial charge in [-0.3, -0.25) is 0 Å². The average Bonchev–Trinajstić information content (AvgIpc) is 1.37. The van der Waals surface area contributed by atoms with E-state index in [1.807, 2.05) is 0 Å². The summed E-state index contributed by atoms with van der Waals surface area (Å²) in [6, 6.07) is 0. The molecule has 0 unspecified atom stereocenters. The highest BCUT2D eigenvalue weighted by Crippen LogP contribution is 1.27. The highest BCUT2D eigenvalue weighted by Gasteiger charge is 1.53. The first kappa shape index (κ1) is 8.82. The van der Waals surface area contributed by atoms with Crippen molar-refractivity contribution in [1.82, 2.24) is 0 Å². The van der Waals surface area contributed by atoms with E-state index >= 15 is 0 Å².